The van der Waals surface area contributed by atoms with E-state index in [0.29, 0.717) is 0 Å². The Kier molecular flexibility index (Phi) is 3.57. The van der Waals surface area contributed by atoms with Crippen LogP contribution < -0.4 is 0 Å². The average Bonchev–Trinajstić information content (AvgIpc) is 2.16. The summed E-state index contributed by atoms with van der Waals surface area (Å²) in [5.41, 5.74) is 0.834. The zero-order valence-electron chi connectivity index (χ0n) is 8.33. The lowest BCUT2D eigenvalue weighted by molar-refractivity contribution is -0.117. The second kappa shape index (κ2) is 4.70. The molecule has 1 aromatic rings. The van der Waals surface area contributed by atoms with E-state index >= 15 is 0 Å². The molecule has 0 aliphatic rings. The van der Waals surface area contributed by atoms with Gasteiger partial charge in [0.1, 0.15) is 5.82 Å². The van der Waals surface area contributed by atoms with Gasteiger partial charge in [-0.05, 0) is 23.8 Å². The standard InChI is InChI=1S/C12H13FO/c1-9(2)12(14)8-5-10-3-6-11(13)7-4-10/h3-9H,1-2H3. The van der Waals surface area contributed by atoms with E-state index in [0.717, 1.165) is 5.56 Å². The molecule has 0 saturated heterocycles. The molecule has 14 heavy (non-hydrogen) atoms. The Bertz CT molecular complexity index is 336. The van der Waals surface area contributed by atoms with Crippen molar-refractivity contribution in [3.8, 4) is 0 Å². The lowest BCUT2D eigenvalue weighted by Crippen LogP contribution is -2.01. The molecule has 1 aromatic carbocycles. The summed E-state index contributed by atoms with van der Waals surface area (Å²) in [6.07, 6.45) is 3.22. The molecule has 0 spiro atoms. The Morgan fingerprint density at radius 2 is 1.86 bits per heavy atom. The van der Waals surface area contributed by atoms with Gasteiger partial charge in [0.25, 0.3) is 0 Å². The molecule has 0 heterocycles. The van der Waals surface area contributed by atoms with E-state index in [2.05, 4.69) is 0 Å². The van der Waals surface area contributed by atoms with Crippen molar-refractivity contribution in [3.05, 3.63) is 41.7 Å². The third kappa shape index (κ3) is 3.13. The summed E-state index contributed by atoms with van der Waals surface area (Å²) < 4.78 is 12.5. The zero-order chi connectivity index (χ0) is 10.6. The van der Waals surface area contributed by atoms with Crippen LogP contribution in [0.15, 0.2) is 30.3 Å². The molecule has 0 N–H and O–H groups in total. The smallest absolute Gasteiger partial charge is 0.158 e. The first kappa shape index (κ1) is 10.6. The summed E-state index contributed by atoms with van der Waals surface area (Å²) >= 11 is 0. The quantitative estimate of drug-likeness (QED) is 0.672. The molecule has 0 fully saturated rings. The highest BCUT2D eigenvalue weighted by Crippen LogP contribution is 2.05. The molecule has 0 atom stereocenters. The second-order valence-corrected chi connectivity index (χ2v) is 3.44. The second-order valence-electron chi connectivity index (χ2n) is 3.44. The van der Waals surface area contributed by atoms with Gasteiger partial charge in [-0.15, -0.1) is 0 Å². The van der Waals surface area contributed by atoms with Crippen LogP contribution in [-0.2, 0) is 4.79 Å². The molecule has 1 nitrogen and oxygen atoms in total. The van der Waals surface area contributed by atoms with Crippen LogP contribution in [0.2, 0.25) is 0 Å². The van der Waals surface area contributed by atoms with Gasteiger partial charge in [0.2, 0.25) is 0 Å². The van der Waals surface area contributed by atoms with Gasteiger partial charge in [-0.25, -0.2) is 4.39 Å². The lowest BCUT2D eigenvalue weighted by atomic mass is 10.1. The molecule has 0 bridgehead atoms. The normalized spacial score (nSPS) is 11.1. The molecule has 0 amide bonds. The number of rotatable bonds is 3. The molecule has 2 heteroatoms. The number of carbonyl (C=O) groups is 1. The number of benzene rings is 1. The number of hydrogen-bond acceptors (Lipinski definition) is 1. The monoisotopic (exact) mass is 192 g/mol. The third-order valence-corrected chi connectivity index (χ3v) is 1.88. The number of hydrogen-bond donors (Lipinski definition) is 0. The predicted molar refractivity (Wildman–Crippen MR) is 55.3 cm³/mol. The van der Waals surface area contributed by atoms with Crippen molar-refractivity contribution in [2.75, 3.05) is 0 Å². The fourth-order valence-electron chi connectivity index (χ4n) is 0.945. The Balaban J connectivity index is 2.69. The van der Waals surface area contributed by atoms with E-state index in [1.165, 1.54) is 18.2 Å². The molecular formula is C12H13FO. The number of ketones is 1. The lowest BCUT2D eigenvalue weighted by Gasteiger charge is -1.96. The summed E-state index contributed by atoms with van der Waals surface area (Å²) in [5, 5.41) is 0. The van der Waals surface area contributed by atoms with Gasteiger partial charge in [-0.2, -0.15) is 0 Å². The van der Waals surface area contributed by atoms with Crippen LogP contribution in [0.1, 0.15) is 19.4 Å². The molecule has 1 rings (SSSR count). The number of allylic oxidation sites excluding steroid dienone is 1. The van der Waals surface area contributed by atoms with Crippen molar-refractivity contribution in [2.24, 2.45) is 5.92 Å². The van der Waals surface area contributed by atoms with E-state index in [9.17, 15) is 9.18 Å². The van der Waals surface area contributed by atoms with E-state index in [-0.39, 0.29) is 17.5 Å². The first-order valence-corrected chi connectivity index (χ1v) is 4.57. The summed E-state index contributed by atoms with van der Waals surface area (Å²) in [6.45, 7) is 3.69. The first-order chi connectivity index (χ1) is 6.59. The molecule has 0 aliphatic heterocycles. The number of carbonyl (C=O) groups excluding carboxylic acids is 1. The van der Waals surface area contributed by atoms with Crippen LogP contribution >= 0.6 is 0 Å². The maximum Gasteiger partial charge on any atom is 0.158 e. The fraction of sp³-hybridized carbons (Fsp3) is 0.250. The minimum atomic E-state index is -0.266. The van der Waals surface area contributed by atoms with Crippen LogP contribution in [0.4, 0.5) is 4.39 Å². The van der Waals surface area contributed by atoms with E-state index in [1.54, 1.807) is 18.2 Å². The molecule has 0 unspecified atom stereocenters. The van der Waals surface area contributed by atoms with Gasteiger partial charge < -0.3 is 0 Å². The highest BCUT2D eigenvalue weighted by atomic mass is 19.1. The van der Waals surface area contributed by atoms with Crippen molar-refractivity contribution in [1.82, 2.24) is 0 Å². The number of halogens is 1. The van der Waals surface area contributed by atoms with Gasteiger partial charge in [-0.1, -0.05) is 32.1 Å². The zero-order valence-corrected chi connectivity index (χ0v) is 8.33. The Labute approximate surface area is 83.3 Å². The molecular weight excluding hydrogens is 179 g/mol. The van der Waals surface area contributed by atoms with Crippen molar-refractivity contribution in [1.29, 1.82) is 0 Å². The highest BCUT2D eigenvalue weighted by molar-refractivity contribution is 5.94. The highest BCUT2D eigenvalue weighted by Gasteiger charge is 2.01. The third-order valence-electron chi connectivity index (χ3n) is 1.88. The van der Waals surface area contributed by atoms with E-state index in [4.69, 9.17) is 0 Å². The van der Waals surface area contributed by atoms with Crippen LogP contribution in [0.5, 0.6) is 0 Å². The van der Waals surface area contributed by atoms with Crippen LogP contribution in [0.3, 0.4) is 0 Å². The Morgan fingerprint density at radius 1 is 1.29 bits per heavy atom. The predicted octanol–water partition coefficient (Wildman–Crippen LogP) is 3.06. The van der Waals surface area contributed by atoms with Gasteiger partial charge in [0, 0.05) is 5.92 Å². The van der Waals surface area contributed by atoms with Gasteiger partial charge in [-0.3, -0.25) is 4.79 Å². The summed E-state index contributed by atoms with van der Waals surface area (Å²) in [7, 11) is 0. The average molecular weight is 192 g/mol. The maximum atomic E-state index is 12.5. The van der Waals surface area contributed by atoms with Crippen LogP contribution in [0.25, 0.3) is 6.08 Å². The van der Waals surface area contributed by atoms with Crippen LogP contribution in [-0.4, -0.2) is 5.78 Å². The van der Waals surface area contributed by atoms with Crippen LogP contribution in [0, 0.1) is 11.7 Å². The topological polar surface area (TPSA) is 17.1 Å². The molecule has 74 valence electrons. The summed E-state index contributed by atoms with van der Waals surface area (Å²) in [4.78, 5) is 11.2. The van der Waals surface area contributed by atoms with Gasteiger partial charge in [0.15, 0.2) is 5.78 Å². The van der Waals surface area contributed by atoms with Crippen molar-refractivity contribution in [3.63, 3.8) is 0 Å². The SMILES string of the molecule is CC(C)C(=O)C=Cc1ccc(F)cc1. The van der Waals surface area contributed by atoms with E-state index in [1.807, 2.05) is 13.8 Å². The van der Waals surface area contributed by atoms with Gasteiger partial charge in [0.05, 0.1) is 0 Å². The maximum absolute atomic E-state index is 12.5. The van der Waals surface area contributed by atoms with Crippen molar-refractivity contribution < 1.29 is 9.18 Å². The minimum Gasteiger partial charge on any atom is -0.295 e. The first-order valence-electron chi connectivity index (χ1n) is 4.57. The molecule has 0 aromatic heterocycles. The summed E-state index contributed by atoms with van der Waals surface area (Å²) in [5.74, 6) is -0.182. The Morgan fingerprint density at radius 3 is 2.36 bits per heavy atom. The molecule has 0 radical (unpaired) electrons. The largest absolute Gasteiger partial charge is 0.295 e. The summed E-state index contributed by atoms with van der Waals surface area (Å²) in [6, 6.07) is 6.03. The Hall–Kier alpha value is -1.44. The van der Waals surface area contributed by atoms with Gasteiger partial charge >= 0.3 is 0 Å². The molecule has 0 saturated carbocycles. The minimum absolute atomic E-state index is 0.00620. The van der Waals surface area contributed by atoms with E-state index < -0.39 is 0 Å². The van der Waals surface area contributed by atoms with Crippen molar-refractivity contribution >= 4 is 11.9 Å². The fourth-order valence-corrected chi connectivity index (χ4v) is 0.945. The molecule has 0 aliphatic carbocycles. The van der Waals surface area contributed by atoms with Crippen molar-refractivity contribution in [2.45, 2.75) is 13.8 Å².